The maximum atomic E-state index is 6.68. The van der Waals surface area contributed by atoms with E-state index in [-0.39, 0.29) is 18.2 Å². The lowest BCUT2D eigenvalue weighted by molar-refractivity contribution is -0.204. The van der Waals surface area contributed by atoms with Crippen LogP contribution in [-0.2, 0) is 9.47 Å². The number of hydrogen-bond donors (Lipinski definition) is 2. The van der Waals surface area contributed by atoms with Gasteiger partial charge in [0.05, 0.1) is 12.2 Å². The van der Waals surface area contributed by atoms with Crippen LogP contribution in [0.2, 0.25) is 0 Å². The molecule has 1 aliphatic rings. The van der Waals surface area contributed by atoms with Crippen molar-refractivity contribution < 1.29 is 14.6 Å². The van der Waals surface area contributed by atoms with E-state index >= 15 is 0 Å². The summed E-state index contributed by atoms with van der Waals surface area (Å²) in [6, 6.07) is -0.117. The summed E-state index contributed by atoms with van der Waals surface area (Å²) in [5, 5.41) is 4.32. The summed E-state index contributed by atoms with van der Waals surface area (Å²) >= 11 is 0. The molecule has 0 aromatic rings. The van der Waals surface area contributed by atoms with Crippen LogP contribution in [0.4, 0.5) is 0 Å². The number of hydrogen-bond acceptors (Lipinski definition) is 4. The average Bonchev–Trinajstić information content (AvgIpc) is 2.03. The molecule has 0 aromatic carbocycles. The van der Waals surface area contributed by atoms with Gasteiger partial charge in [0.15, 0.2) is 6.29 Å². The highest BCUT2D eigenvalue weighted by molar-refractivity contribution is 4.83. The Hall–Kier alpha value is -0.160. The summed E-state index contributed by atoms with van der Waals surface area (Å²) in [6.07, 6.45) is -0.223. The van der Waals surface area contributed by atoms with Gasteiger partial charge >= 0.3 is 0 Å². The SMILES string of the molecule is [3H]O[C@@H]1C[C@@H](N)[C@@H](OC)[C@H](C)O1. The zero-order valence-electron chi connectivity index (χ0n) is 7.82. The lowest BCUT2D eigenvalue weighted by Gasteiger charge is -2.35. The van der Waals surface area contributed by atoms with Crippen molar-refractivity contribution in [2.45, 2.75) is 37.9 Å². The fourth-order valence-electron chi connectivity index (χ4n) is 1.44. The summed E-state index contributed by atoms with van der Waals surface area (Å²) in [5.74, 6) is 0. The Labute approximate surface area is 67.8 Å². The van der Waals surface area contributed by atoms with Crippen molar-refractivity contribution in [3.63, 3.8) is 0 Å². The maximum absolute atomic E-state index is 6.68. The quantitative estimate of drug-likeness (QED) is 0.573. The number of ether oxygens (including phenoxy) is 2. The van der Waals surface area contributed by atoms with Crippen LogP contribution in [0.3, 0.4) is 0 Å². The van der Waals surface area contributed by atoms with E-state index in [2.05, 4.69) is 5.11 Å². The molecule has 4 nitrogen and oxygen atoms in total. The van der Waals surface area contributed by atoms with E-state index in [1.165, 1.54) is 0 Å². The molecule has 4 heteroatoms. The minimum absolute atomic E-state index is 0.101. The minimum atomic E-state index is -0.513. The van der Waals surface area contributed by atoms with Crippen LogP contribution in [0.5, 0.6) is 0 Å². The molecule has 66 valence electrons. The molecule has 1 saturated heterocycles. The topological polar surface area (TPSA) is 64.7 Å². The van der Waals surface area contributed by atoms with Crippen molar-refractivity contribution in [2.24, 2.45) is 5.73 Å². The van der Waals surface area contributed by atoms with E-state index in [4.69, 9.17) is 16.6 Å². The normalized spacial score (nSPS) is 47.0. The molecule has 1 aliphatic heterocycles. The van der Waals surface area contributed by atoms with Crippen LogP contribution in [0, 0.1) is 0 Å². The number of rotatable bonds is 2. The Kier molecular flexibility index (Phi) is 2.38. The largest absolute Gasteiger partial charge is 0.377 e. The fraction of sp³-hybridized carbons (Fsp3) is 1.00. The van der Waals surface area contributed by atoms with E-state index in [0.717, 1.165) is 0 Å². The van der Waals surface area contributed by atoms with Gasteiger partial charge in [-0.15, -0.1) is 0 Å². The molecule has 1 rings (SSSR count). The van der Waals surface area contributed by atoms with Crippen LogP contribution in [-0.4, -0.2) is 38.2 Å². The molecular weight excluding hydrogens is 146 g/mol. The minimum Gasteiger partial charge on any atom is -0.377 e. The molecule has 1 heterocycles. The third-order valence-corrected chi connectivity index (χ3v) is 1.99. The number of aliphatic hydroxyl groups is 1. The van der Waals surface area contributed by atoms with Crippen molar-refractivity contribution in [1.82, 2.24) is 0 Å². The van der Waals surface area contributed by atoms with Crippen molar-refractivity contribution in [3.8, 4) is 0 Å². The van der Waals surface area contributed by atoms with Crippen LogP contribution >= 0.6 is 0 Å². The second-order valence-corrected chi connectivity index (χ2v) is 2.87. The molecule has 0 radical (unpaired) electrons. The van der Waals surface area contributed by atoms with Gasteiger partial charge in [-0.2, -0.15) is 0 Å². The van der Waals surface area contributed by atoms with Gasteiger partial charge < -0.3 is 20.3 Å². The average molecular weight is 163 g/mol. The molecule has 0 saturated carbocycles. The first-order chi connectivity index (χ1) is 5.69. The highest BCUT2D eigenvalue weighted by atomic mass is 16.6. The van der Waals surface area contributed by atoms with Crippen LogP contribution < -0.4 is 5.73 Å². The molecular formula is C7H15NO3. The summed E-state index contributed by atoms with van der Waals surface area (Å²) < 4.78 is 17.1. The first-order valence-corrected chi connectivity index (χ1v) is 3.74. The fourth-order valence-corrected chi connectivity index (χ4v) is 1.44. The Balaban J connectivity index is 2.51. The first-order valence-electron chi connectivity index (χ1n) is 4.15. The number of methoxy groups -OCH3 is 1. The number of aliphatic hydroxyl groups excluding tert-OH is 1. The summed E-state index contributed by atoms with van der Waals surface area (Å²) in [6.45, 7) is 1.86. The maximum Gasteiger partial charge on any atom is 0.213 e. The van der Waals surface area contributed by atoms with Crippen LogP contribution in [0.15, 0.2) is 0 Å². The molecule has 0 amide bonds. The third-order valence-electron chi connectivity index (χ3n) is 1.99. The number of nitrogens with two attached hydrogens (primary N) is 1. The van der Waals surface area contributed by atoms with Crippen molar-refractivity contribution in [1.29, 1.82) is 1.43 Å². The van der Waals surface area contributed by atoms with Gasteiger partial charge in [0, 0.05) is 19.6 Å². The van der Waals surface area contributed by atoms with Gasteiger partial charge in [0.1, 0.15) is 0 Å². The van der Waals surface area contributed by atoms with Gasteiger partial charge in [-0.05, 0) is 6.92 Å². The Bertz CT molecular complexity index is 135. The van der Waals surface area contributed by atoms with E-state index in [0.29, 0.717) is 6.42 Å². The van der Waals surface area contributed by atoms with Gasteiger partial charge in [0.2, 0.25) is 1.43 Å². The Morgan fingerprint density at radius 2 is 2.55 bits per heavy atom. The lowest BCUT2D eigenvalue weighted by atomic mass is 10.0. The molecule has 0 unspecified atom stereocenters. The molecule has 0 aromatic heterocycles. The molecule has 4 atom stereocenters. The van der Waals surface area contributed by atoms with Crippen molar-refractivity contribution in [3.05, 3.63) is 0 Å². The second-order valence-electron chi connectivity index (χ2n) is 2.87. The highest BCUT2D eigenvalue weighted by Crippen LogP contribution is 2.18. The second kappa shape index (κ2) is 3.49. The Morgan fingerprint density at radius 1 is 1.82 bits per heavy atom. The monoisotopic (exact) mass is 163 g/mol. The predicted octanol–water partition coefficient (Wildman–Crippen LogP) is -0.544. The first kappa shape index (κ1) is 7.49. The molecule has 3 N–H and O–H groups in total. The third kappa shape index (κ3) is 1.90. The van der Waals surface area contributed by atoms with Gasteiger partial charge in [-0.1, -0.05) is 0 Å². The summed E-state index contributed by atoms with van der Waals surface area (Å²) in [7, 11) is 1.60. The van der Waals surface area contributed by atoms with Gasteiger partial charge in [-0.3, -0.25) is 0 Å². The van der Waals surface area contributed by atoms with Gasteiger partial charge in [0.25, 0.3) is 0 Å². The Morgan fingerprint density at radius 3 is 3.00 bits per heavy atom. The van der Waals surface area contributed by atoms with Crippen LogP contribution in [0.25, 0.3) is 0 Å². The van der Waals surface area contributed by atoms with E-state index in [1.54, 1.807) is 7.11 Å². The zero-order chi connectivity index (χ0) is 9.14. The predicted molar refractivity (Wildman–Crippen MR) is 39.9 cm³/mol. The van der Waals surface area contributed by atoms with Crippen LogP contribution in [0.1, 0.15) is 13.3 Å². The van der Waals surface area contributed by atoms with Crippen molar-refractivity contribution >= 4 is 0 Å². The molecule has 0 spiro atoms. The molecule has 0 aliphatic carbocycles. The smallest absolute Gasteiger partial charge is 0.213 e. The standard InChI is InChI=1S/C7H15NO3/c1-4-7(10-2)5(8)3-6(9)11-4/h4-7,9H,3,8H2,1-2H3/t4-,5+,6-,7-/m0/s1/i9T. The van der Waals surface area contributed by atoms with E-state index in [1.807, 2.05) is 6.92 Å². The lowest BCUT2D eigenvalue weighted by Crippen LogP contribution is -2.51. The van der Waals surface area contributed by atoms with E-state index < -0.39 is 6.29 Å². The van der Waals surface area contributed by atoms with E-state index in [9.17, 15) is 0 Å². The molecule has 0 bridgehead atoms. The highest BCUT2D eigenvalue weighted by Gasteiger charge is 2.33. The summed E-state index contributed by atoms with van der Waals surface area (Å²) in [5.41, 5.74) is 5.78. The zero-order valence-corrected chi connectivity index (χ0v) is 6.82. The van der Waals surface area contributed by atoms with Gasteiger partial charge in [-0.25, -0.2) is 0 Å². The summed E-state index contributed by atoms with van der Waals surface area (Å²) in [4.78, 5) is 0. The molecule has 1 fully saturated rings. The van der Waals surface area contributed by atoms with Crippen molar-refractivity contribution in [2.75, 3.05) is 7.11 Å². The molecule has 11 heavy (non-hydrogen) atoms.